The minimum absolute atomic E-state index is 0.559. The number of benzene rings is 1. The predicted molar refractivity (Wildman–Crippen MR) is 100 cm³/mol. The van der Waals surface area contributed by atoms with Gasteiger partial charge in [0.2, 0.25) is 5.75 Å². The standard InChI is InChI=1S/C19H32N2O4/c1-15(2)14-21(7-6-20-8-10-25-11-9-20)16-12-17(22-3)19(24-5)18(13-16)23-4/h12-13,15H,6-11,14H2,1-5H3. The number of rotatable bonds is 9. The molecule has 1 aromatic rings. The van der Waals surface area contributed by atoms with Gasteiger partial charge in [0.25, 0.3) is 0 Å². The normalized spacial score (nSPS) is 15.3. The Morgan fingerprint density at radius 3 is 2.12 bits per heavy atom. The Morgan fingerprint density at radius 2 is 1.64 bits per heavy atom. The van der Waals surface area contributed by atoms with E-state index in [9.17, 15) is 0 Å². The van der Waals surface area contributed by atoms with Gasteiger partial charge >= 0.3 is 0 Å². The molecule has 142 valence electrons. The molecule has 0 amide bonds. The molecule has 1 heterocycles. The predicted octanol–water partition coefficient (Wildman–Crippen LogP) is 2.51. The maximum absolute atomic E-state index is 5.51. The quantitative estimate of drug-likeness (QED) is 0.680. The van der Waals surface area contributed by atoms with E-state index in [1.807, 2.05) is 12.1 Å². The van der Waals surface area contributed by atoms with E-state index >= 15 is 0 Å². The monoisotopic (exact) mass is 352 g/mol. The van der Waals surface area contributed by atoms with Gasteiger partial charge in [-0.2, -0.15) is 0 Å². The Balaban J connectivity index is 2.20. The second kappa shape index (κ2) is 9.73. The molecular formula is C19H32N2O4. The van der Waals surface area contributed by atoms with Gasteiger partial charge in [-0.05, 0) is 5.92 Å². The highest BCUT2D eigenvalue weighted by molar-refractivity contribution is 5.63. The highest BCUT2D eigenvalue weighted by Crippen LogP contribution is 2.41. The van der Waals surface area contributed by atoms with Crippen molar-refractivity contribution in [3.05, 3.63) is 12.1 Å². The summed E-state index contributed by atoms with van der Waals surface area (Å²) >= 11 is 0. The molecule has 2 rings (SSSR count). The number of anilines is 1. The third-order valence-electron chi connectivity index (χ3n) is 4.39. The number of hydrogen-bond acceptors (Lipinski definition) is 6. The molecule has 1 fully saturated rings. The van der Waals surface area contributed by atoms with Crippen LogP contribution in [0.4, 0.5) is 5.69 Å². The van der Waals surface area contributed by atoms with Crippen LogP contribution in [0.5, 0.6) is 17.2 Å². The van der Waals surface area contributed by atoms with Gasteiger partial charge in [-0.15, -0.1) is 0 Å². The molecule has 6 nitrogen and oxygen atoms in total. The van der Waals surface area contributed by atoms with Gasteiger partial charge in [0.15, 0.2) is 11.5 Å². The molecule has 1 aliphatic heterocycles. The van der Waals surface area contributed by atoms with Crippen LogP contribution in [0.1, 0.15) is 13.8 Å². The summed E-state index contributed by atoms with van der Waals surface area (Å²) in [5.41, 5.74) is 1.09. The van der Waals surface area contributed by atoms with E-state index in [0.29, 0.717) is 23.2 Å². The zero-order chi connectivity index (χ0) is 18.2. The summed E-state index contributed by atoms with van der Waals surface area (Å²) < 4.78 is 21.9. The highest BCUT2D eigenvalue weighted by atomic mass is 16.5. The van der Waals surface area contributed by atoms with Crippen LogP contribution < -0.4 is 19.1 Å². The summed E-state index contributed by atoms with van der Waals surface area (Å²) in [5.74, 6) is 2.57. The van der Waals surface area contributed by atoms with Crippen molar-refractivity contribution < 1.29 is 18.9 Å². The summed E-state index contributed by atoms with van der Waals surface area (Å²) in [6.07, 6.45) is 0. The number of nitrogens with zero attached hydrogens (tertiary/aromatic N) is 2. The Labute approximate surface area is 151 Å². The molecule has 0 spiro atoms. The lowest BCUT2D eigenvalue weighted by atomic mass is 10.1. The van der Waals surface area contributed by atoms with Crippen molar-refractivity contribution in [1.29, 1.82) is 0 Å². The van der Waals surface area contributed by atoms with Gasteiger partial charge in [-0.3, -0.25) is 4.90 Å². The van der Waals surface area contributed by atoms with Crippen LogP contribution in [0.2, 0.25) is 0 Å². The van der Waals surface area contributed by atoms with E-state index in [-0.39, 0.29) is 0 Å². The first-order valence-electron chi connectivity index (χ1n) is 8.94. The summed E-state index contributed by atoms with van der Waals surface area (Å²) in [6, 6.07) is 4.06. The number of methoxy groups -OCH3 is 3. The zero-order valence-electron chi connectivity index (χ0n) is 16.2. The van der Waals surface area contributed by atoms with Crippen LogP contribution in [0.15, 0.2) is 12.1 Å². The molecule has 0 unspecified atom stereocenters. The van der Waals surface area contributed by atoms with Crippen LogP contribution in [-0.2, 0) is 4.74 Å². The minimum atomic E-state index is 0.559. The van der Waals surface area contributed by atoms with E-state index in [1.165, 1.54) is 0 Å². The van der Waals surface area contributed by atoms with E-state index in [1.54, 1.807) is 21.3 Å². The molecule has 0 bridgehead atoms. The lowest BCUT2D eigenvalue weighted by molar-refractivity contribution is 0.0391. The number of morpholine rings is 1. The number of hydrogen-bond donors (Lipinski definition) is 0. The van der Waals surface area contributed by atoms with Gasteiger partial charge in [-0.25, -0.2) is 0 Å². The van der Waals surface area contributed by atoms with Crippen molar-refractivity contribution in [2.75, 3.05) is 72.2 Å². The first-order chi connectivity index (χ1) is 12.1. The molecule has 1 saturated heterocycles. The van der Waals surface area contributed by atoms with Crippen molar-refractivity contribution in [3.8, 4) is 17.2 Å². The summed E-state index contributed by atoms with van der Waals surface area (Å²) in [7, 11) is 4.94. The van der Waals surface area contributed by atoms with Crippen LogP contribution in [-0.4, -0.2) is 72.2 Å². The smallest absolute Gasteiger partial charge is 0.203 e. The summed E-state index contributed by atoms with van der Waals surface area (Å²) in [6.45, 7) is 11.1. The lowest BCUT2D eigenvalue weighted by Gasteiger charge is -2.32. The van der Waals surface area contributed by atoms with Crippen LogP contribution in [0, 0.1) is 5.92 Å². The molecular weight excluding hydrogens is 320 g/mol. The van der Waals surface area contributed by atoms with Crippen molar-refractivity contribution in [2.45, 2.75) is 13.8 Å². The van der Waals surface area contributed by atoms with Crippen molar-refractivity contribution >= 4 is 5.69 Å². The van der Waals surface area contributed by atoms with Gasteiger partial charge in [0.1, 0.15) is 0 Å². The Bertz CT molecular complexity index is 505. The third kappa shape index (κ3) is 5.41. The maximum Gasteiger partial charge on any atom is 0.203 e. The minimum Gasteiger partial charge on any atom is -0.493 e. The molecule has 0 aromatic heterocycles. The van der Waals surface area contributed by atoms with E-state index in [0.717, 1.165) is 51.6 Å². The van der Waals surface area contributed by atoms with Gasteiger partial charge < -0.3 is 23.8 Å². The first kappa shape index (κ1) is 19.7. The Hall–Kier alpha value is -1.66. The molecule has 0 saturated carbocycles. The van der Waals surface area contributed by atoms with Gasteiger partial charge in [-0.1, -0.05) is 13.8 Å². The van der Waals surface area contributed by atoms with Crippen molar-refractivity contribution in [3.63, 3.8) is 0 Å². The number of ether oxygens (including phenoxy) is 4. The lowest BCUT2D eigenvalue weighted by Crippen LogP contribution is -2.42. The average Bonchev–Trinajstić information content (AvgIpc) is 2.64. The van der Waals surface area contributed by atoms with Crippen LogP contribution >= 0.6 is 0 Å². The molecule has 1 aromatic carbocycles. The third-order valence-corrected chi connectivity index (χ3v) is 4.39. The van der Waals surface area contributed by atoms with E-state index < -0.39 is 0 Å². The molecule has 6 heteroatoms. The Kier molecular flexibility index (Phi) is 7.65. The van der Waals surface area contributed by atoms with E-state index in [4.69, 9.17) is 18.9 Å². The van der Waals surface area contributed by atoms with Crippen molar-refractivity contribution in [1.82, 2.24) is 4.90 Å². The molecule has 0 N–H and O–H groups in total. The summed E-state index contributed by atoms with van der Waals surface area (Å²) in [4.78, 5) is 4.85. The van der Waals surface area contributed by atoms with Crippen LogP contribution in [0.25, 0.3) is 0 Å². The second-order valence-corrected chi connectivity index (χ2v) is 6.68. The molecule has 25 heavy (non-hydrogen) atoms. The fraction of sp³-hybridized carbons (Fsp3) is 0.684. The Morgan fingerprint density at radius 1 is 1.04 bits per heavy atom. The molecule has 0 radical (unpaired) electrons. The average molecular weight is 352 g/mol. The van der Waals surface area contributed by atoms with E-state index in [2.05, 4.69) is 23.6 Å². The molecule has 1 aliphatic rings. The first-order valence-corrected chi connectivity index (χ1v) is 8.94. The summed E-state index contributed by atoms with van der Waals surface area (Å²) in [5, 5.41) is 0. The SMILES string of the molecule is COc1cc(N(CCN2CCOCC2)CC(C)C)cc(OC)c1OC. The fourth-order valence-corrected chi connectivity index (χ4v) is 3.10. The molecule has 0 aliphatic carbocycles. The maximum atomic E-state index is 5.51. The highest BCUT2D eigenvalue weighted by Gasteiger charge is 2.19. The zero-order valence-corrected chi connectivity index (χ0v) is 16.2. The van der Waals surface area contributed by atoms with Crippen molar-refractivity contribution in [2.24, 2.45) is 5.92 Å². The topological polar surface area (TPSA) is 43.4 Å². The fourth-order valence-electron chi connectivity index (χ4n) is 3.10. The van der Waals surface area contributed by atoms with Gasteiger partial charge in [0.05, 0.1) is 34.5 Å². The largest absolute Gasteiger partial charge is 0.493 e. The second-order valence-electron chi connectivity index (χ2n) is 6.68. The molecule has 0 atom stereocenters. The van der Waals surface area contributed by atoms with Crippen LogP contribution in [0.3, 0.4) is 0 Å². The van der Waals surface area contributed by atoms with Gasteiger partial charge in [0, 0.05) is 50.5 Å².